The molecule has 0 aliphatic carbocycles. The molecule has 0 bridgehead atoms. The molecule has 0 amide bonds. The first kappa shape index (κ1) is 27.7. The quantitative estimate of drug-likeness (QED) is 0.279. The number of nitrogens with one attached hydrogen (secondary N) is 2. The molecule has 0 aromatic carbocycles. The van der Waals surface area contributed by atoms with E-state index in [4.69, 9.17) is 0 Å². The molecule has 0 unspecified atom stereocenters. The Balaban J connectivity index is 0.00000450. The van der Waals surface area contributed by atoms with E-state index in [9.17, 15) is 21.6 Å². The fraction of sp³-hybridized carbons (Fsp3) is 0.944. The van der Waals surface area contributed by atoms with Crippen LogP contribution in [0.15, 0.2) is 4.99 Å². The number of rotatable bonds is 7. The molecule has 2 aliphatic rings. The number of hydrogen-bond donors (Lipinski definition) is 2. The van der Waals surface area contributed by atoms with Crippen LogP contribution in [0.25, 0.3) is 0 Å². The maximum atomic E-state index is 12.4. The Labute approximate surface area is 195 Å². The van der Waals surface area contributed by atoms with Crippen molar-refractivity contribution in [2.24, 2.45) is 16.8 Å². The van der Waals surface area contributed by atoms with Crippen LogP contribution in [0.4, 0.5) is 13.2 Å². The molecule has 7 nitrogen and oxygen atoms in total. The summed E-state index contributed by atoms with van der Waals surface area (Å²) in [6, 6.07) is 0. The largest absolute Gasteiger partial charge is 0.401 e. The van der Waals surface area contributed by atoms with Crippen molar-refractivity contribution in [2.75, 3.05) is 59.1 Å². The molecule has 0 aromatic heterocycles. The van der Waals surface area contributed by atoms with Crippen molar-refractivity contribution < 1.29 is 21.6 Å². The number of aliphatic imine (C=N–C) groups is 1. The van der Waals surface area contributed by atoms with E-state index in [0.29, 0.717) is 44.0 Å². The summed E-state index contributed by atoms with van der Waals surface area (Å²) in [5, 5.41) is 6.58. The first-order chi connectivity index (χ1) is 13.6. The molecule has 2 rings (SSSR count). The molecule has 0 atom stereocenters. The minimum Gasteiger partial charge on any atom is -0.356 e. The fourth-order valence-electron chi connectivity index (χ4n) is 3.99. The smallest absolute Gasteiger partial charge is 0.356 e. The fourth-order valence-corrected chi connectivity index (χ4v) is 4.86. The number of nitrogens with zero attached hydrogens (tertiary/aromatic N) is 3. The first-order valence-electron chi connectivity index (χ1n) is 10.3. The third-order valence-electron chi connectivity index (χ3n) is 5.78. The van der Waals surface area contributed by atoms with Gasteiger partial charge in [-0.2, -0.15) is 13.2 Å². The Bertz CT molecular complexity index is 632. The van der Waals surface area contributed by atoms with Crippen LogP contribution >= 0.6 is 24.0 Å². The minimum atomic E-state index is -4.12. The normalized spacial score (nSPS) is 21.3. The zero-order valence-corrected chi connectivity index (χ0v) is 20.9. The summed E-state index contributed by atoms with van der Waals surface area (Å²) in [6.45, 7) is 2.79. The molecule has 2 fully saturated rings. The average molecular weight is 569 g/mol. The molecule has 0 spiro atoms. The topological polar surface area (TPSA) is 77.0 Å². The van der Waals surface area contributed by atoms with E-state index in [1.165, 1.54) is 15.5 Å². The molecular formula is C18H35F3IN5O2S. The third kappa shape index (κ3) is 10.3. The van der Waals surface area contributed by atoms with Crippen molar-refractivity contribution in [3.05, 3.63) is 0 Å². The lowest BCUT2D eigenvalue weighted by molar-refractivity contribution is -0.148. The van der Waals surface area contributed by atoms with E-state index < -0.39 is 22.7 Å². The molecule has 2 aliphatic heterocycles. The van der Waals surface area contributed by atoms with Crippen molar-refractivity contribution in [3.63, 3.8) is 0 Å². The molecule has 12 heteroatoms. The maximum absolute atomic E-state index is 12.4. The van der Waals surface area contributed by atoms with E-state index in [1.54, 1.807) is 7.05 Å². The monoisotopic (exact) mass is 569 g/mol. The number of hydrogen-bond acceptors (Lipinski definition) is 4. The van der Waals surface area contributed by atoms with Gasteiger partial charge in [0, 0.05) is 33.2 Å². The molecule has 178 valence electrons. The van der Waals surface area contributed by atoms with Crippen molar-refractivity contribution in [2.45, 2.75) is 38.3 Å². The third-order valence-corrected chi connectivity index (χ3v) is 7.08. The number of halogens is 4. The lowest BCUT2D eigenvalue weighted by atomic mass is 9.93. The lowest BCUT2D eigenvalue weighted by Gasteiger charge is -2.32. The van der Waals surface area contributed by atoms with Crippen LogP contribution in [0.2, 0.25) is 0 Å². The zero-order valence-electron chi connectivity index (χ0n) is 17.7. The summed E-state index contributed by atoms with van der Waals surface area (Å²) < 4.78 is 62.0. The second-order valence-corrected chi connectivity index (χ2v) is 10.1. The summed E-state index contributed by atoms with van der Waals surface area (Å²) in [5.41, 5.74) is 0. The van der Waals surface area contributed by atoms with E-state index in [1.807, 2.05) is 0 Å². The number of sulfonamides is 1. The molecule has 2 heterocycles. The van der Waals surface area contributed by atoms with E-state index in [2.05, 4.69) is 15.6 Å². The Morgan fingerprint density at radius 2 is 1.60 bits per heavy atom. The molecule has 0 aromatic rings. The highest BCUT2D eigenvalue weighted by Crippen LogP contribution is 2.24. The summed E-state index contributed by atoms with van der Waals surface area (Å²) in [4.78, 5) is 5.70. The highest BCUT2D eigenvalue weighted by molar-refractivity contribution is 14.0. The van der Waals surface area contributed by atoms with Crippen LogP contribution in [0.3, 0.4) is 0 Å². The van der Waals surface area contributed by atoms with Gasteiger partial charge in [0.1, 0.15) is 0 Å². The van der Waals surface area contributed by atoms with Gasteiger partial charge in [-0.25, -0.2) is 12.7 Å². The van der Waals surface area contributed by atoms with Gasteiger partial charge < -0.3 is 10.6 Å². The van der Waals surface area contributed by atoms with Gasteiger partial charge in [0.05, 0.1) is 12.8 Å². The maximum Gasteiger partial charge on any atom is 0.401 e. The summed E-state index contributed by atoms with van der Waals surface area (Å²) in [7, 11) is -1.40. The Kier molecular flexibility index (Phi) is 11.7. The van der Waals surface area contributed by atoms with Gasteiger partial charge in [-0.3, -0.25) is 9.89 Å². The number of likely N-dealkylation sites (tertiary alicyclic amines) is 1. The number of piperidine rings is 2. The minimum absolute atomic E-state index is 0. The van der Waals surface area contributed by atoms with Crippen molar-refractivity contribution in [1.82, 2.24) is 19.8 Å². The van der Waals surface area contributed by atoms with E-state index in [-0.39, 0.29) is 24.0 Å². The lowest BCUT2D eigenvalue weighted by Crippen LogP contribution is -2.44. The molecule has 0 radical (unpaired) electrons. The van der Waals surface area contributed by atoms with Crippen molar-refractivity contribution in [1.29, 1.82) is 0 Å². The predicted molar refractivity (Wildman–Crippen MR) is 124 cm³/mol. The Morgan fingerprint density at radius 3 is 2.10 bits per heavy atom. The predicted octanol–water partition coefficient (Wildman–Crippen LogP) is 2.11. The second-order valence-electron chi connectivity index (χ2n) is 8.11. The molecule has 30 heavy (non-hydrogen) atoms. The van der Waals surface area contributed by atoms with Crippen molar-refractivity contribution in [3.8, 4) is 0 Å². The average Bonchev–Trinajstić information content (AvgIpc) is 2.64. The molecule has 0 saturated carbocycles. The first-order valence-corrected chi connectivity index (χ1v) is 12.1. The van der Waals surface area contributed by atoms with Crippen LogP contribution in [-0.4, -0.2) is 88.9 Å². The van der Waals surface area contributed by atoms with Gasteiger partial charge in [-0.05, 0) is 57.0 Å². The molecule has 2 saturated heterocycles. The van der Waals surface area contributed by atoms with Crippen molar-refractivity contribution >= 4 is 40.0 Å². The number of guanidine groups is 1. The second kappa shape index (κ2) is 12.6. The summed E-state index contributed by atoms with van der Waals surface area (Å²) in [5.74, 6) is 1.56. The van der Waals surface area contributed by atoms with Gasteiger partial charge in [0.25, 0.3) is 0 Å². The van der Waals surface area contributed by atoms with E-state index >= 15 is 0 Å². The summed E-state index contributed by atoms with van der Waals surface area (Å²) >= 11 is 0. The SMILES string of the molecule is CN=C(NCCC1CCN(CC(F)(F)F)CC1)NCC1CCN(S(C)(=O)=O)CC1.I. The Morgan fingerprint density at radius 1 is 1.03 bits per heavy atom. The number of alkyl halides is 3. The van der Waals surface area contributed by atoms with Gasteiger partial charge in [-0.15, -0.1) is 24.0 Å². The van der Waals surface area contributed by atoms with Crippen LogP contribution < -0.4 is 10.6 Å². The van der Waals surface area contributed by atoms with E-state index in [0.717, 1.165) is 45.2 Å². The van der Waals surface area contributed by atoms with Gasteiger partial charge >= 0.3 is 6.18 Å². The van der Waals surface area contributed by atoms with Gasteiger partial charge in [0.2, 0.25) is 10.0 Å². The molecular weight excluding hydrogens is 534 g/mol. The highest BCUT2D eigenvalue weighted by Gasteiger charge is 2.32. The van der Waals surface area contributed by atoms with Crippen LogP contribution in [0, 0.1) is 11.8 Å². The Hall–Kier alpha value is -0.340. The van der Waals surface area contributed by atoms with Crippen LogP contribution in [0.5, 0.6) is 0 Å². The highest BCUT2D eigenvalue weighted by atomic mass is 127. The molecule has 2 N–H and O–H groups in total. The summed E-state index contributed by atoms with van der Waals surface area (Å²) in [6.07, 6.45) is 1.28. The zero-order chi connectivity index (χ0) is 21.5. The van der Waals surface area contributed by atoms with Crippen LogP contribution in [0.1, 0.15) is 32.1 Å². The van der Waals surface area contributed by atoms with Crippen LogP contribution in [-0.2, 0) is 10.0 Å². The van der Waals surface area contributed by atoms with Gasteiger partial charge in [0.15, 0.2) is 5.96 Å². The van der Waals surface area contributed by atoms with Gasteiger partial charge in [-0.1, -0.05) is 0 Å². The standard InChI is InChI=1S/C18H34F3N5O2S.HI/c1-22-17(24-13-16-6-11-26(12-7-16)29(2,27)28)23-8-3-15-4-9-25(10-5-15)14-18(19,20)21;/h15-16H,3-14H2,1-2H3,(H2,22,23,24);1H.